The van der Waals surface area contributed by atoms with Crippen LogP contribution in [0.4, 0.5) is 0 Å². The summed E-state index contributed by atoms with van der Waals surface area (Å²) >= 11 is 0. The van der Waals surface area contributed by atoms with E-state index in [1.807, 2.05) is 0 Å². The Morgan fingerprint density at radius 2 is 0.469 bits per heavy atom. The Kier molecular flexibility index (Phi) is 69.3. The Labute approximate surface area is 600 Å². The van der Waals surface area contributed by atoms with Crippen LogP contribution in [0.5, 0.6) is 0 Å². The molecule has 0 fully saturated rings. The van der Waals surface area contributed by atoms with Crippen molar-refractivity contribution < 1.29 is 80.2 Å². The lowest BCUT2D eigenvalue weighted by Gasteiger charge is -2.21. The van der Waals surface area contributed by atoms with Crippen LogP contribution < -0.4 is 0 Å². The third-order valence-electron chi connectivity index (χ3n) is 18.5. The van der Waals surface area contributed by atoms with Crippen molar-refractivity contribution >= 4 is 39.5 Å². The van der Waals surface area contributed by atoms with Crippen molar-refractivity contribution in [1.29, 1.82) is 0 Å². The van der Waals surface area contributed by atoms with Crippen LogP contribution in [0.15, 0.2) is 0 Å². The van der Waals surface area contributed by atoms with Crippen LogP contribution in [0.2, 0.25) is 0 Å². The first kappa shape index (κ1) is 96.1. The standard InChI is InChI=1S/C79H154O17P2/c1-7-9-11-13-15-17-19-21-22-23-24-28-33-39-46-52-58-64-79(84)95-74(67-89-76(81)61-55-49-43-37-31-29-25-27-30-35-41-47-53-59-71(3)4)69-93-97(85,86)91-65-73(80)66-92-98(87,88)94-70-75(68-90-77(82)62-56-50-44-40-34-36-42-48-54-60-72(5)6)96-78(83)63-57-51-45-38-32-26-20-18-16-14-12-10-8-2/h71-75,80H,7-70H2,1-6H3,(H,85,86)(H,87,88)/t73-,74-,75-/m1/s1. The van der Waals surface area contributed by atoms with Crippen LogP contribution in [0.25, 0.3) is 0 Å². The van der Waals surface area contributed by atoms with E-state index in [4.69, 9.17) is 37.0 Å². The van der Waals surface area contributed by atoms with Crippen LogP contribution in [0.1, 0.15) is 414 Å². The SMILES string of the molecule is CCCCCCCCCCCCCCCCCCCC(=O)O[C@H](COC(=O)CCCCCCCCCCCCCCCC(C)C)COP(=O)(O)OC[C@@H](O)COP(=O)(O)OC[C@@H](COC(=O)CCCCCCCCCCCC(C)C)OC(=O)CCCCCCCCCCCCCCC. The summed E-state index contributed by atoms with van der Waals surface area (Å²) in [5.41, 5.74) is 0. The molecule has 0 aliphatic carbocycles. The topological polar surface area (TPSA) is 237 Å². The number of rotatable bonds is 78. The number of ether oxygens (including phenoxy) is 4. The molecule has 0 spiro atoms. The van der Waals surface area contributed by atoms with E-state index < -0.39 is 97.5 Å². The largest absolute Gasteiger partial charge is 0.472 e. The lowest BCUT2D eigenvalue weighted by atomic mass is 10.0. The average molecular weight is 1440 g/mol. The number of aliphatic hydroxyl groups is 1. The Morgan fingerprint density at radius 3 is 0.694 bits per heavy atom. The van der Waals surface area contributed by atoms with Gasteiger partial charge in [-0.15, -0.1) is 0 Å². The van der Waals surface area contributed by atoms with Gasteiger partial charge in [-0.25, -0.2) is 9.13 Å². The predicted molar refractivity (Wildman–Crippen MR) is 400 cm³/mol. The van der Waals surface area contributed by atoms with Gasteiger partial charge in [0.2, 0.25) is 0 Å². The molecule has 0 aromatic heterocycles. The molecule has 0 bridgehead atoms. The van der Waals surface area contributed by atoms with E-state index in [2.05, 4.69) is 41.5 Å². The molecular weight excluding hydrogens is 1280 g/mol. The minimum absolute atomic E-state index is 0.107. The van der Waals surface area contributed by atoms with Crippen molar-refractivity contribution in [2.45, 2.75) is 432 Å². The Bertz CT molecular complexity index is 1890. The lowest BCUT2D eigenvalue weighted by Crippen LogP contribution is -2.30. The van der Waals surface area contributed by atoms with Gasteiger partial charge in [-0.3, -0.25) is 37.3 Å². The van der Waals surface area contributed by atoms with E-state index in [1.54, 1.807) is 0 Å². The minimum Gasteiger partial charge on any atom is -0.462 e. The van der Waals surface area contributed by atoms with Crippen molar-refractivity contribution in [2.75, 3.05) is 39.6 Å². The average Bonchev–Trinajstić information content (AvgIpc) is 1.14. The summed E-state index contributed by atoms with van der Waals surface area (Å²) in [7, 11) is -9.92. The maximum atomic E-state index is 13.1. The fraction of sp³-hybridized carbons (Fsp3) is 0.949. The van der Waals surface area contributed by atoms with Gasteiger partial charge in [-0.05, 0) is 37.5 Å². The van der Waals surface area contributed by atoms with Crippen molar-refractivity contribution in [3.05, 3.63) is 0 Å². The fourth-order valence-electron chi connectivity index (χ4n) is 12.2. The molecule has 98 heavy (non-hydrogen) atoms. The first-order valence-electron chi connectivity index (χ1n) is 41.0. The number of carbonyl (C=O) groups excluding carboxylic acids is 4. The van der Waals surface area contributed by atoms with Gasteiger partial charge in [-0.2, -0.15) is 0 Å². The van der Waals surface area contributed by atoms with Crippen LogP contribution in [-0.2, 0) is 65.4 Å². The maximum absolute atomic E-state index is 13.1. The molecule has 5 atom stereocenters. The van der Waals surface area contributed by atoms with E-state index in [1.165, 1.54) is 231 Å². The Hall–Kier alpha value is -1.94. The molecule has 0 amide bonds. The molecule has 0 saturated heterocycles. The molecule has 0 saturated carbocycles. The van der Waals surface area contributed by atoms with E-state index in [9.17, 15) is 43.2 Å². The third-order valence-corrected chi connectivity index (χ3v) is 20.4. The third kappa shape index (κ3) is 72.4. The van der Waals surface area contributed by atoms with Gasteiger partial charge >= 0.3 is 39.5 Å². The van der Waals surface area contributed by atoms with Gasteiger partial charge in [0.05, 0.1) is 26.4 Å². The number of unbranched alkanes of at least 4 members (excludes halogenated alkanes) is 48. The zero-order valence-electron chi connectivity index (χ0n) is 64.1. The zero-order valence-corrected chi connectivity index (χ0v) is 65.9. The van der Waals surface area contributed by atoms with Gasteiger partial charge in [0.1, 0.15) is 19.3 Å². The quantitative estimate of drug-likeness (QED) is 0.0222. The normalized spacial score (nSPS) is 13.9. The maximum Gasteiger partial charge on any atom is 0.472 e. The van der Waals surface area contributed by atoms with Gasteiger partial charge in [-0.1, -0.05) is 363 Å². The van der Waals surface area contributed by atoms with E-state index >= 15 is 0 Å². The number of carbonyl (C=O) groups is 4. The molecule has 3 N–H and O–H groups in total. The van der Waals surface area contributed by atoms with Crippen LogP contribution in [0, 0.1) is 11.8 Å². The smallest absolute Gasteiger partial charge is 0.462 e. The fourth-order valence-corrected chi connectivity index (χ4v) is 13.8. The van der Waals surface area contributed by atoms with Gasteiger partial charge in [0, 0.05) is 25.7 Å². The second-order valence-electron chi connectivity index (χ2n) is 29.4. The van der Waals surface area contributed by atoms with Gasteiger partial charge in [0.15, 0.2) is 12.2 Å². The predicted octanol–water partition coefficient (Wildman–Crippen LogP) is 23.5. The second-order valence-corrected chi connectivity index (χ2v) is 32.3. The van der Waals surface area contributed by atoms with Crippen molar-refractivity contribution in [3.63, 3.8) is 0 Å². The summed E-state index contributed by atoms with van der Waals surface area (Å²) in [6, 6.07) is 0. The second kappa shape index (κ2) is 70.7. The molecule has 0 aliphatic rings. The highest BCUT2D eigenvalue weighted by Crippen LogP contribution is 2.45. The molecule has 0 aromatic rings. The number of hydrogen-bond donors (Lipinski definition) is 3. The highest BCUT2D eigenvalue weighted by atomic mass is 31.2. The van der Waals surface area contributed by atoms with Crippen LogP contribution in [0.3, 0.4) is 0 Å². The first-order chi connectivity index (χ1) is 47.4. The van der Waals surface area contributed by atoms with Crippen molar-refractivity contribution in [1.82, 2.24) is 0 Å². The lowest BCUT2D eigenvalue weighted by molar-refractivity contribution is -0.161. The number of aliphatic hydroxyl groups excluding tert-OH is 1. The Balaban J connectivity index is 5.26. The molecule has 2 unspecified atom stereocenters. The Morgan fingerprint density at radius 1 is 0.276 bits per heavy atom. The summed E-state index contributed by atoms with van der Waals surface area (Å²) in [6.45, 7) is 9.63. The molecule has 0 rings (SSSR count). The van der Waals surface area contributed by atoms with Gasteiger partial charge < -0.3 is 33.8 Å². The van der Waals surface area contributed by atoms with Crippen molar-refractivity contribution in [2.24, 2.45) is 11.8 Å². The molecule has 0 aromatic carbocycles. The van der Waals surface area contributed by atoms with Crippen LogP contribution >= 0.6 is 15.6 Å². The monoisotopic (exact) mass is 1440 g/mol. The van der Waals surface area contributed by atoms with E-state index in [0.29, 0.717) is 25.7 Å². The molecule has 0 aliphatic heterocycles. The van der Waals surface area contributed by atoms with E-state index in [-0.39, 0.29) is 25.7 Å². The summed E-state index contributed by atoms with van der Waals surface area (Å²) in [6.07, 6.45) is 59.5. The van der Waals surface area contributed by atoms with Crippen LogP contribution in [-0.4, -0.2) is 96.7 Å². The summed E-state index contributed by atoms with van der Waals surface area (Å²) in [5, 5.41) is 10.6. The molecule has 0 radical (unpaired) electrons. The highest BCUT2D eigenvalue weighted by molar-refractivity contribution is 7.47. The number of esters is 4. The minimum atomic E-state index is -4.96. The number of hydrogen-bond acceptors (Lipinski definition) is 15. The van der Waals surface area contributed by atoms with Gasteiger partial charge in [0.25, 0.3) is 0 Å². The molecule has 0 heterocycles. The van der Waals surface area contributed by atoms with Crippen molar-refractivity contribution in [3.8, 4) is 0 Å². The molecule has 19 heteroatoms. The highest BCUT2D eigenvalue weighted by Gasteiger charge is 2.30. The van der Waals surface area contributed by atoms with E-state index in [0.717, 1.165) is 102 Å². The molecular formula is C79H154O17P2. The number of phosphoric acid groups is 2. The molecule has 17 nitrogen and oxygen atoms in total. The summed E-state index contributed by atoms with van der Waals surface area (Å²) < 4.78 is 68.7. The zero-order chi connectivity index (χ0) is 72.1. The first-order valence-corrected chi connectivity index (χ1v) is 44.0. The number of phosphoric ester groups is 2. The summed E-state index contributed by atoms with van der Waals surface area (Å²) in [4.78, 5) is 73.0. The summed E-state index contributed by atoms with van der Waals surface area (Å²) in [5.74, 6) is -0.574. The molecule has 582 valence electrons.